The number of aryl methyl sites for hydroxylation is 1. The third-order valence-electron chi connectivity index (χ3n) is 3.39. The largest absolute Gasteiger partial charge is 0.497 e. The van der Waals surface area contributed by atoms with Gasteiger partial charge >= 0.3 is 5.97 Å². The average Bonchev–Trinajstić information content (AvgIpc) is 2.59. The molecule has 0 aliphatic carbocycles. The molecule has 2 rings (SSSR count). The Labute approximate surface area is 149 Å². The Hall–Kier alpha value is -2.34. The highest BCUT2D eigenvalue weighted by molar-refractivity contribution is 9.10. The van der Waals surface area contributed by atoms with Crippen molar-refractivity contribution in [2.75, 3.05) is 13.7 Å². The van der Waals surface area contributed by atoms with Gasteiger partial charge in [-0.25, -0.2) is 4.79 Å². The highest BCUT2D eigenvalue weighted by atomic mass is 79.9. The van der Waals surface area contributed by atoms with Crippen molar-refractivity contribution in [1.82, 2.24) is 5.32 Å². The molecule has 0 saturated carbocycles. The maximum absolute atomic E-state index is 12.0. The van der Waals surface area contributed by atoms with Crippen molar-refractivity contribution in [3.8, 4) is 5.75 Å². The van der Waals surface area contributed by atoms with E-state index in [-0.39, 0.29) is 12.5 Å². The van der Waals surface area contributed by atoms with Gasteiger partial charge in [-0.2, -0.15) is 0 Å². The zero-order valence-electron chi connectivity index (χ0n) is 13.5. The quantitative estimate of drug-likeness (QED) is 0.767. The fourth-order valence-corrected chi connectivity index (χ4v) is 2.32. The van der Waals surface area contributed by atoms with Gasteiger partial charge in [0.1, 0.15) is 5.75 Å². The smallest absolute Gasteiger partial charge is 0.338 e. The van der Waals surface area contributed by atoms with Crippen LogP contribution >= 0.6 is 15.9 Å². The molecule has 1 N–H and O–H groups in total. The van der Waals surface area contributed by atoms with Crippen LogP contribution in [0.15, 0.2) is 46.9 Å². The number of carbonyl (C=O) groups excluding carboxylic acids is 2. The van der Waals surface area contributed by atoms with Crippen LogP contribution in [-0.4, -0.2) is 25.6 Å². The van der Waals surface area contributed by atoms with Gasteiger partial charge in [-0.05, 0) is 48.4 Å². The molecule has 2 aromatic carbocycles. The summed E-state index contributed by atoms with van der Waals surface area (Å²) in [6.07, 6.45) is 0. The zero-order valence-corrected chi connectivity index (χ0v) is 15.1. The molecule has 0 bridgehead atoms. The van der Waals surface area contributed by atoms with Crippen LogP contribution in [0.25, 0.3) is 0 Å². The van der Waals surface area contributed by atoms with Crippen LogP contribution in [-0.2, 0) is 16.1 Å². The van der Waals surface area contributed by atoms with E-state index >= 15 is 0 Å². The molecule has 0 aliphatic heterocycles. The Morgan fingerprint density at radius 1 is 1.12 bits per heavy atom. The Balaban J connectivity index is 1.82. The van der Waals surface area contributed by atoms with Crippen molar-refractivity contribution in [3.63, 3.8) is 0 Å². The highest BCUT2D eigenvalue weighted by Gasteiger charge is 2.13. The first-order chi connectivity index (χ1) is 11.5. The lowest BCUT2D eigenvalue weighted by Crippen LogP contribution is -2.28. The topological polar surface area (TPSA) is 64.6 Å². The van der Waals surface area contributed by atoms with Crippen molar-refractivity contribution < 1.29 is 19.1 Å². The second-order valence-corrected chi connectivity index (χ2v) is 6.08. The van der Waals surface area contributed by atoms with E-state index in [2.05, 4.69) is 21.2 Å². The Morgan fingerprint density at radius 2 is 1.83 bits per heavy atom. The molecule has 2 aromatic rings. The number of benzene rings is 2. The molecular weight excluding hydrogens is 374 g/mol. The third-order valence-corrected chi connectivity index (χ3v) is 3.92. The van der Waals surface area contributed by atoms with Gasteiger partial charge in [0.15, 0.2) is 6.61 Å². The highest BCUT2D eigenvalue weighted by Crippen LogP contribution is 2.17. The lowest BCUT2D eigenvalue weighted by Gasteiger charge is -2.09. The lowest BCUT2D eigenvalue weighted by molar-refractivity contribution is -0.124. The summed E-state index contributed by atoms with van der Waals surface area (Å²) in [7, 11) is 1.56. The summed E-state index contributed by atoms with van der Waals surface area (Å²) < 4.78 is 11.1. The molecule has 0 unspecified atom stereocenters. The summed E-state index contributed by atoms with van der Waals surface area (Å²) in [5.74, 6) is -0.220. The minimum absolute atomic E-state index is 0.319. The molecule has 6 heteroatoms. The molecule has 126 valence electrons. The standard InChI is InChI=1S/C18H18BrNO4/c1-12-9-15(23-2)7-8-16(12)18(22)24-11-17(21)20-10-13-3-5-14(19)6-4-13/h3-9H,10-11H2,1-2H3,(H,20,21). The average molecular weight is 392 g/mol. The van der Waals surface area contributed by atoms with Crippen molar-refractivity contribution in [2.24, 2.45) is 0 Å². The Morgan fingerprint density at radius 3 is 2.46 bits per heavy atom. The fourth-order valence-electron chi connectivity index (χ4n) is 2.05. The van der Waals surface area contributed by atoms with Gasteiger partial charge in [0.2, 0.25) is 0 Å². The van der Waals surface area contributed by atoms with E-state index in [1.54, 1.807) is 32.2 Å². The van der Waals surface area contributed by atoms with Gasteiger partial charge in [-0.3, -0.25) is 4.79 Å². The van der Waals surface area contributed by atoms with Gasteiger partial charge in [0.05, 0.1) is 12.7 Å². The maximum Gasteiger partial charge on any atom is 0.338 e. The molecule has 0 heterocycles. The first-order valence-corrected chi connectivity index (χ1v) is 8.12. The molecule has 0 spiro atoms. The van der Waals surface area contributed by atoms with Crippen molar-refractivity contribution in [2.45, 2.75) is 13.5 Å². The van der Waals surface area contributed by atoms with Crippen LogP contribution in [0.5, 0.6) is 5.75 Å². The summed E-state index contributed by atoms with van der Waals surface area (Å²) in [6, 6.07) is 12.6. The number of carbonyl (C=O) groups is 2. The number of hydrogen-bond donors (Lipinski definition) is 1. The van der Waals surface area contributed by atoms with E-state index in [1.165, 1.54) is 0 Å². The van der Waals surface area contributed by atoms with Crippen LogP contribution in [0.2, 0.25) is 0 Å². The van der Waals surface area contributed by atoms with Crippen molar-refractivity contribution in [3.05, 3.63) is 63.6 Å². The number of amides is 1. The molecule has 5 nitrogen and oxygen atoms in total. The molecule has 0 aromatic heterocycles. The van der Waals surface area contributed by atoms with E-state index in [0.29, 0.717) is 17.9 Å². The van der Waals surface area contributed by atoms with E-state index in [0.717, 1.165) is 15.6 Å². The monoisotopic (exact) mass is 391 g/mol. The molecule has 0 fully saturated rings. The number of methoxy groups -OCH3 is 1. The lowest BCUT2D eigenvalue weighted by atomic mass is 10.1. The molecule has 0 atom stereocenters. The van der Waals surface area contributed by atoms with Crippen LogP contribution in [0.4, 0.5) is 0 Å². The van der Waals surface area contributed by atoms with Crippen molar-refractivity contribution in [1.29, 1.82) is 0 Å². The SMILES string of the molecule is COc1ccc(C(=O)OCC(=O)NCc2ccc(Br)cc2)c(C)c1. The molecule has 24 heavy (non-hydrogen) atoms. The van der Waals surface area contributed by atoms with Gasteiger partial charge in [0, 0.05) is 11.0 Å². The van der Waals surface area contributed by atoms with Gasteiger partial charge in [-0.15, -0.1) is 0 Å². The minimum atomic E-state index is -0.533. The minimum Gasteiger partial charge on any atom is -0.497 e. The van der Waals surface area contributed by atoms with Crippen LogP contribution in [0, 0.1) is 6.92 Å². The molecular formula is C18H18BrNO4. The number of hydrogen-bond acceptors (Lipinski definition) is 4. The first kappa shape index (κ1) is 18.0. The van der Waals surface area contributed by atoms with E-state index in [9.17, 15) is 9.59 Å². The molecule has 0 saturated heterocycles. The number of ether oxygens (including phenoxy) is 2. The third kappa shape index (κ3) is 5.09. The maximum atomic E-state index is 12.0. The summed E-state index contributed by atoms with van der Waals surface area (Å²) in [4.78, 5) is 23.8. The predicted octanol–water partition coefficient (Wildman–Crippen LogP) is 3.24. The second kappa shape index (κ2) is 8.49. The number of halogens is 1. The fraction of sp³-hybridized carbons (Fsp3) is 0.222. The number of rotatable bonds is 6. The molecule has 0 radical (unpaired) electrons. The van der Waals surface area contributed by atoms with Crippen LogP contribution < -0.4 is 10.1 Å². The van der Waals surface area contributed by atoms with E-state index < -0.39 is 5.97 Å². The van der Waals surface area contributed by atoms with Gasteiger partial charge < -0.3 is 14.8 Å². The summed E-state index contributed by atoms with van der Waals surface area (Å²) in [5.41, 5.74) is 2.11. The number of esters is 1. The van der Waals surface area contributed by atoms with Crippen LogP contribution in [0.3, 0.4) is 0 Å². The number of nitrogens with one attached hydrogen (secondary N) is 1. The van der Waals surface area contributed by atoms with Gasteiger partial charge in [-0.1, -0.05) is 28.1 Å². The normalized spacial score (nSPS) is 10.1. The van der Waals surface area contributed by atoms with E-state index in [4.69, 9.17) is 9.47 Å². The van der Waals surface area contributed by atoms with E-state index in [1.807, 2.05) is 24.3 Å². The second-order valence-electron chi connectivity index (χ2n) is 5.16. The zero-order chi connectivity index (χ0) is 17.5. The Bertz CT molecular complexity index is 728. The van der Waals surface area contributed by atoms with Crippen LogP contribution in [0.1, 0.15) is 21.5 Å². The van der Waals surface area contributed by atoms with Gasteiger partial charge in [0.25, 0.3) is 5.91 Å². The molecule has 0 aliphatic rings. The first-order valence-electron chi connectivity index (χ1n) is 7.32. The Kier molecular flexibility index (Phi) is 6.37. The predicted molar refractivity (Wildman–Crippen MR) is 94.0 cm³/mol. The summed E-state index contributed by atoms with van der Waals surface area (Å²) in [5, 5.41) is 2.71. The van der Waals surface area contributed by atoms with Crippen molar-refractivity contribution >= 4 is 27.8 Å². The summed E-state index contributed by atoms with van der Waals surface area (Å²) >= 11 is 3.35. The molecule has 1 amide bonds. The summed E-state index contributed by atoms with van der Waals surface area (Å²) in [6.45, 7) is 1.85.